The van der Waals surface area contributed by atoms with Crippen molar-refractivity contribution in [1.29, 1.82) is 5.26 Å². The molecule has 16 heavy (non-hydrogen) atoms. The van der Waals surface area contributed by atoms with E-state index in [-0.39, 0.29) is 0 Å². The third-order valence-electron chi connectivity index (χ3n) is 2.89. The van der Waals surface area contributed by atoms with Crippen LogP contribution in [0.5, 0.6) is 0 Å². The van der Waals surface area contributed by atoms with Crippen molar-refractivity contribution in [2.75, 3.05) is 32.3 Å². The summed E-state index contributed by atoms with van der Waals surface area (Å²) in [5.74, 6) is 0. The molecule has 0 saturated carbocycles. The summed E-state index contributed by atoms with van der Waals surface area (Å²) in [5, 5.41) is 8.70. The van der Waals surface area contributed by atoms with Gasteiger partial charge in [0.2, 0.25) is 0 Å². The van der Waals surface area contributed by atoms with Gasteiger partial charge in [-0.05, 0) is 27.7 Å². The number of nitrogens with zero attached hydrogens (tertiary/aromatic N) is 3. The Bertz CT molecular complexity index is 210. The zero-order valence-corrected chi connectivity index (χ0v) is 11.9. The molecule has 0 aromatic carbocycles. The molecule has 0 spiro atoms. The molecule has 0 rings (SSSR count). The minimum absolute atomic E-state index is 0.428. The Morgan fingerprint density at radius 2 is 1.38 bits per heavy atom. The number of hydrogen-bond donors (Lipinski definition) is 1. The van der Waals surface area contributed by atoms with E-state index in [1.54, 1.807) is 0 Å². The van der Waals surface area contributed by atoms with Crippen LogP contribution >= 0.6 is 7.79 Å². The first-order valence-electron chi connectivity index (χ1n) is 6.09. The standard InChI is InChI=1S/C11H25N3OP/c1-5-13(6-2)16(15,11-9-10-12)14(7-3)8-4/h15H,5-9,11H2,1-4H3/q+1. The van der Waals surface area contributed by atoms with E-state index >= 15 is 0 Å². The SMILES string of the molecule is CCN(CC)[P+](O)(CCC#N)N(CC)CC. The summed E-state index contributed by atoms with van der Waals surface area (Å²) in [4.78, 5) is 10.9. The maximum absolute atomic E-state index is 10.9. The highest BCUT2D eigenvalue weighted by Gasteiger charge is 2.46. The Hall–Kier alpha value is -0.200. The molecule has 0 aliphatic rings. The third kappa shape index (κ3) is 3.68. The van der Waals surface area contributed by atoms with Crippen molar-refractivity contribution < 1.29 is 4.89 Å². The molecule has 0 amide bonds. The van der Waals surface area contributed by atoms with Crippen LogP contribution < -0.4 is 0 Å². The van der Waals surface area contributed by atoms with Crippen LogP contribution in [-0.2, 0) is 0 Å². The van der Waals surface area contributed by atoms with E-state index in [0.29, 0.717) is 12.6 Å². The molecule has 0 aromatic heterocycles. The summed E-state index contributed by atoms with van der Waals surface area (Å²) in [5.41, 5.74) is 0. The molecule has 94 valence electrons. The maximum Gasteiger partial charge on any atom is 0.287 e. The van der Waals surface area contributed by atoms with Crippen molar-refractivity contribution in [1.82, 2.24) is 9.34 Å². The zero-order chi connectivity index (χ0) is 12.6. The molecule has 0 fully saturated rings. The smallest absolute Gasteiger partial charge is 0.213 e. The van der Waals surface area contributed by atoms with Gasteiger partial charge < -0.3 is 0 Å². The van der Waals surface area contributed by atoms with E-state index in [1.165, 1.54) is 0 Å². The molecule has 0 radical (unpaired) electrons. The fourth-order valence-electron chi connectivity index (χ4n) is 2.01. The Morgan fingerprint density at radius 3 is 1.62 bits per heavy atom. The molecular formula is C11H25N3OP+. The third-order valence-corrected chi connectivity index (χ3v) is 6.66. The normalized spacial score (nSPS) is 12.1. The summed E-state index contributed by atoms with van der Waals surface area (Å²) in [7, 11) is -2.26. The highest BCUT2D eigenvalue weighted by atomic mass is 31.2. The monoisotopic (exact) mass is 246 g/mol. The van der Waals surface area contributed by atoms with Gasteiger partial charge in [0, 0.05) is 26.2 Å². The summed E-state index contributed by atoms with van der Waals surface area (Å²) >= 11 is 0. The highest BCUT2D eigenvalue weighted by molar-refractivity contribution is 7.65. The van der Waals surface area contributed by atoms with Crippen molar-refractivity contribution in [2.45, 2.75) is 34.1 Å². The van der Waals surface area contributed by atoms with Gasteiger partial charge in [-0.25, -0.2) is 4.89 Å². The van der Waals surface area contributed by atoms with Crippen LogP contribution in [-0.4, -0.2) is 46.6 Å². The topological polar surface area (TPSA) is 50.5 Å². The van der Waals surface area contributed by atoms with Crippen LogP contribution in [0.3, 0.4) is 0 Å². The summed E-state index contributed by atoms with van der Waals surface area (Å²) in [6.07, 6.45) is 1.02. The largest absolute Gasteiger partial charge is 0.287 e. The lowest BCUT2D eigenvalue weighted by atomic mass is 10.6. The van der Waals surface area contributed by atoms with Crippen LogP contribution in [0.1, 0.15) is 34.1 Å². The first kappa shape index (κ1) is 15.8. The van der Waals surface area contributed by atoms with Gasteiger partial charge in [0.25, 0.3) is 7.79 Å². The minimum atomic E-state index is -2.26. The summed E-state index contributed by atoms with van der Waals surface area (Å²) < 4.78 is 4.24. The molecule has 0 aliphatic carbocycles. The minimum Gasteiger partial charge on any atom is -0.213 e. The summed E-state index contributed by atoms with van der Waals surface area (Å²) in [6.45, 7) is 11.6. The molecule has 0 aliphatic heterocycles. The van der Waals surface area contributed by atoms with Crippen molar-refractivity contribution in [3.63, 3.8) is 0 Å². The molecule has 0 aromatic rings. The van der Waals surface area contributed by atoms with Gasteiger partial charge in [-0.15, -0.1) is 9.34 Å². The van der Waals surface area contributed by atoms with Gasteiger partial charge in [0.1, 0.15) is 6.16 Å². The molecule has 0 saturated heterocycles. The molecule has 1 N–H and O–H groups in total. The zero-order valence-electron chi connectivity index (χ0n) is 11.0. The van der Waals surface area contributed by atoms with Gasteiger partial charge in [-0.1, -0.05) is 0 Å². The lowest BCUT2D eigenvalue weighted by Gasteiger charge is -2.36. The molecule has 5 heteroatoms. The second kappa shape index (κ2) is 7.97. The fraction of sp³-hybridized carbons (Fsp3) is 0.909. The van der Waals surface area contributed by atoms with Crippen LogP contribution in [0.25, 0.3) is 0 Å². The van der Waals surface area contributed by atoms with E-state index in [2.05, 4.69) is 43.1 Å². The molecule has 0 heterocycles. The average Bonchev–Trinajstić information content (AvgIpc) is 2.29. The van der Waals surface area contributed by atoms with E-state index in [4.69, 9.17) is 5.26 Å². The first-order valence-corrected chi connectivity index (χ1v) is 7.92. The molecule has 0 atom stereocenters. The van der Waals surface area contributed by atoms with Crippen LogP contribution in [0, 0.1) is 11.3 Å². The maximum atomic E-state index is 10.9. The highest BCUT2D eigenvalue weighted by Crippen LogP contribution is 2.60. The second-order valence-corrected chi connectivity index (χ2v) is 6.57. The first-order chi connectivity index (χ1) is 7.60. The number of nitriles is 1. The van der Waals surface area contributed by atoms with E-state index in [9.17, 15) is 4.89 Å². The van der Waals surface area contributed by atoms with Crippen LogP contribution in [0.2, 0.25) is 0 Å². The van der Waals surface area contributed by atoms with Crippen LogP contribution in [0.4, 0.5) is 0 Å². The number of rotatable bonds is 8. The predicted octanol–water partition coefficient (Wildman–Crippen LogP) is 2.34. The van der Waals surface area contributed by atoms with E-state index in [1.807, 2.05) is 0 Å². The van der Waals surface area contributed by atoms with Crippen molar-refractivity contribution in [3.8, 4) is 6.07 Å². The lowest BCUT2D eigenvalue weighted by Crippen LogP contribution is -2.37. The van der Waals surface area contributed by atoms with Gasteiger partial charge in [-0.2, -0.15) is 5.26 Å². The molecule has 4 nitrogen and oxygen atoms in total. The molecular weight excluding hydrogens is 221 g/mol. The van der Waals surface area contributed by atoms with Crippen molar-refractivity contribution in [2.24, 2.45) is 0 Å². The van der Waals surface area contributed by atoms with Gasteiger partial charge >= 0.3 is 0 Å². The lowest BCUT2D eigenvalue weighted by molar-refractivity contribution is 0.329. The van der Waals surface area contributed by atoms with Gasteiger partial charge in [-0.3, -0.25) is 0 Å². The Kier molecular flexibility index (Phi) is 7.87. The predicted molar refractivity (Wildman–Crippen MR) is 70.1 cm³/mol. The van der Waals surface area contributed by atoms with Crippen LogP contribution in [0.15, 0.2) is 0 Å². The van der Waals surface area contributed by atoms with Gasteiger partial charge in [0.15, 0.2) is 0 Å². The fourth-order valence-corrected chi connectivity index (χ4v) is 5.15. The second-order valence-electron chi connectivity index (χ2n) is 3.60. The van der Waals surface area contributed by atoms with E-state index in [0.717, 1.165) is 26.2 Å². The van der Waals surface area contributed by atoms with Gasteiger partial charge in [0.05, 0.1) is 12.5 Å². The van der Waals surface area contributed by atoms with Crippen molar-refractivity contribution >= 4 is 7.79 Å². The van der Waals surface area contributed by atoms with E-state index < -0.39 is 7.79 Å². The number of hydrogen-bond acceptors (Lipinski definition) is 4. The van der Waals surface area contributed by atoms with Crippen molar-refractivity contribution in [3.05, 3.63) is 0 Å². The quantitative estimate of drug-likeness (QED) is 0.668. The Labute approximate surface area is 100 Å². The summed E-state index contributed by atoms with van der Waals surface area (Å²) in [6, 6.07) is 2.14. The average molecular weight is 246 g/mol. The Morgan fingerprint density at radius 1 is 1.00 bits per heavy atom. The Balaban J connectivity index is 4.91. The molecule has 0 unspecified atom stereocenters. The molecule has 0 bridgehead atoms.